The Bertz CT molecular complexity index is 798. The maximum absolute atomic E-state index is 12.4. The molecule has 2 aromatic rings. The number of benzene rings is 2. The molecule has 1 N–H and O–H groups in total. The van der Waals surface area contributed by atoms with Crippen LogP contribution in [0.3, 0.4) is 0 Å². The third kappa shape index (κ3) is 3.59. The topological polar surface area (TPSA) is 65.0 Å². The van der Waals surface area contributed by atoms with E-state index in [9.17, 15) is 9.59 Å². The quantitative estimate of drug-likeness (QED) is 0.509. The molecule has 1 aliphatic heterocycles. The Labute approximate surface area is 153 Å². The maximum Gasteiger partial charge on any atom is 0.261 e. The molecule has 0 bridgehead atoms. The minimum atomic E-state index is -0.236. The van der Waals surface area contributed by atoms with Crippen molar-refractivity contribution in [3.05, 3.63) is 71.3 Å². The van der Waals surface area contributed by atoms with Crippen LogP contribution in [0, 0.1) is 0 Å². The molecular weight excluding hydrogens is 328 g/mol. The summed E-state index contributed by atoms with van der Waals surface area (Å²) in [4.78, 5) is 32.3. The van der Waals surface area contributed by atoms with Crippen molar-refractivity contribution in [3.63, 3.8) is 0 Å². The van der Waals surface area contributed by atoms with Gasteiger partial charge in [0, 0.05) is 33.7 Å². The molecule has 134 valence electrons. The Hall–Kier alpha value is -3.15. The number of guanidine groups is 1. The zero-order chi connectivity index (χ0) is 18.5. The SMILES string of the molecule is CN=C(NCCN1C(=O)c2ccccc2C1=O)N(C)Cc1ccccc1. The Morgan fingerprint density at radius 2 is 1.58 bits per heavy atom. The van der Waals surface area contributed by atoms with Gasteiger partial charge in [0.1, 0.15) is 0 Å². The van der Waals surface area contributed by atoms with Crippen molar-refractivity contribution in [1.29, 1.82) is 0 Å². The van der Waals surface area contributed by atoms with E-state index in [1.807, 2.05) is 30.1 Å². The Morgan fingerprint density at radius 3 is 2.15 bits per heavy atom. The molecule has 0 fully saturated rings. The van der Waals surface area contributed by atoms with Gasteiger partial charge in [0.2, 0.25) is 0 Å². The first-order valence-electron chi connectivity index (χ1n) is 8.52. The Kier molecular flexibility index (Phi) is 5.31. The van der Waals surface area contributed by atoms with E-state index in [0.29, 0.717) is 36.7 Å². The highest BCUT2D eigenvalue weighted by atomic mass is 16.2. The first-order chi connectivity index (χ1) is 12.6. The van der Waals surface area contributed by atoms with Crippen LogP contribution in [0.15, 0.2) is 59.6 Å². The van der Waals surface area contributed by atoms with Crippen LogP contribution in [0.1, 0.15) is 26.3 Å². The number of carbonyl (C=O) groups excluding carboxylic acids is 2. The van der Waals surface area contributed by atoms with Crippen LogP contribution in [0.4, 0.5) is 0 Å². The van der Waals surface area contributed by atoms with Gasteiger partial charge in [0.05, 0.1) is 11.1 Å². The monoisotopic (exact) mass is 350 g/mol. The number of aliphatic imine (C=N–C) groups is 1. The molecule has 6 heteroatoms. The fraction of sp³-hybridized carbons (Fsp3) is 0.250. The van der Waals surface area contributed by atoms with E-state index < -0.39 is 0 Å². The van der Waals surface area contributed by atoms with E-state index in [1.165, 1.54) is 10.5 Å². The normalized spacial score (nSPS) is 13.8. The predicted molar refractivity (Wildman–Crippen MR) is 101 cm³/mol. The van der Waals surface area contributed by atoms with Gasteiger partial charge in [-0.1, -0.05) is 42.5 Å². The van der Waals surface area contributed by atoms with Crippen LogP contribution >= 0.6 is 0 Å². The molecule has 0 radical (unpaired) electrons. The van der Waals surface area contributed by atoms with Gasteiger partial charge in [-0.25, -0.2) is 0 Å². The molecule has 6 nitrogen and oxygen atoms in total. The van der Waals surface area contributed by atoms with Gasteiger partial charge in [0.25, 0.3) is 11.8 Å². The maximum atomic E-state index is 12.4. The molecule has 0 spiro atoms. The van der Waals surface area contributed by atoms with Gasteiger partial charge in [0.15, 0.2) is 5.96 Å². The summed E-state index contributed by atoms with van der Waals surface area (Å²) in [5.74, 6) is 0.241. The lowest BCUT2D eigenvalue weighted by molar-refractivity contribution is 0.0657. The highest BCUT2D eigenvalue weighted by Gasteiger charge is 2.34. The molecule has 26 heavy (non-hydrogen) atoms. The first-order valence-corrected chi connectivity index (χ1v) is 8.52. The first kappa shape index (κ1) is 17.7. The van der Waals surface area contributed by atoms with Crippen LogP contribution in [0.2, 0.25) is 0 Å². The molecule has 0 saturated heterocycles. The number of nitrogens with one attached hydrogen (secondary N) is 1. The van der Waals surface area contributed by atoms with E-state index in [1.54, 1.807) is 31.3 Å². The summed E-state index contributed by atoms with van der Waals surface area (Å²) in [6.07, 6.45) is 0. The van der Waals surface area contributed by atoms with Crippen LogP contribution in [0.5, 0.6) is 0 Å². The zero-order valence-electron chi connectivity index (χ0n) is 15.0. The number of amides is 2. The number of hydrogen-bond donors (Lipinski definition) is 1. The summed E-state index contributed by atoms with van der Waals surface area (Å²) < 4.78 is 0. The summed E-state index contributed by atoms with van der Waals surface area (Å²) >= 11 is 0. The molecule has 3 rings (SSSR count). The number of hydrogen-bond acceptors (Lipinski definition) is 3. The van der Waals surface area contributed by atoms with Crippen LogP contribution in [-0.2, 0) is 6.54 Å². The minimum absolute atomic E-state index is 0.236. The van der Waals surface area contributed by atoms with Crippen LogP contribution < -0.4 is 5.32 Å². The second-order valence-electron chi connectivity index (χ2n) is 6.12. The second-order valence-corrected chi connectivity index (χ2v) is 6.12. The predicted octanol–water partition coefficient (Wildman–Crippen LogP) is 1.99. The standard InChI is InChI=1S/C20H22N4O2/c1-21-20(23(2)14-15-8-4-3-5-9-15)22-12-13-24-18(25)16-10-6-7-11-17(16)19(24)26/h3-11H,12-14H2,1-2H3,(H,21,22). The van der Waals surface area contributed by atoms with Crippen molar-refractivity contribution < 1.29 is 9.59 Å². The third-order valence-corrected chi connectivity index (χ3v) is 4.33. The fourth-order valence-electron chi connectivity index (χ4n) is 3.04. The largest absolute Gasteiger partial charge is 0.354 e. The number of fused-ring (bicyclic) bond motifs is 1. The molecular formula is C20H22N4O2. The lowest BCUT2D eigenvalue weighted by atomic mass is 10.1. The van der Waals surface area contributed by atoms with E-state index in [2.05, 4.69) is 22.4 Å². The van der Waals surface area contributed by atoms with Crippen molar-refractivity contribution in [1.82, 2.24) is 15.1 Å². The molecule has 2 aromatic carbocycles. The number of nitrogens with zero attached hydrogens (tertiary/aromatic N) is 3. The van der Waals surface area contributed by atoms with Gasteiger partial charge < -0.3 is 10.2 Å². The van der Waals surface area contributed by atoms with Crippen molar-refractivity contribution in [3.8, 4) is 0 Å². The van der Waals surface area contributed by atoms with E-state index in [0.717, 1.165) is 0 Å². The van der Waals surface area contributed by atoms with Gasteiger partial charge in [-0.05, 0) is 17.7 Å². The smallest absolute Gasteiger partial charge is 0.261 e. The average Bonchev–Trinajstić information content (AvgIpc) is 2.91. The number of rotatable bonds is 5. The zero-order valence-corrected chi connectivity index (χ0v) is 15.0. The Balaban J connectivity index is 1.55. The molecule has 0 unspecified atom stereocenters. The lowest BCUT2D eigenvalue weighted by Crippen LogP contribution is -2.43. The summed E-state index contributed by atoms with van der Waals surface area (Å²) in [5.41, 5.74) is 2.13. The van der Waals surface area contributed by atoms with E-state index in [4.69, 9.17) is 0 Å². The fourth-order valence-corrected chi connectivity index (χ4v) is 3.04. The second kappa shape index (κ2) is 7.82. The van der Waals surface area contributed by atoms with Crippen LogP contribution in [0.25, 0.3) is 0 Å². The minimum Gasteiger partial charge on any atom is -0.354 e. The van der Waals surface area contributed by atoms with E-state index >= 15 is 0 Å². The summed E-state index contributed by atoms with van der Waals surface area (Å²) in [6, 6.07) is 17.0. The molecule has 0 atom stereocenters. The number of carbonyl (C=O) groups is 2. The van der Waals surface area contributed by atoms with Gasteiger partial charge in [-0.15, -0.1) is 0 Å². The molecule has 2 amide bonds. The summed E-state index contributed by atoms with van der Waals surface area (Å²) in [7, 11) is 3.66. The van der Waals surface area contributed by atoms with Crippen molar-refractivity contribution >= 4 is 17.8 Å². The van der Waals surface area contributed by atoms with Gasteiger partial charge >= 0.3 is 0 Å². The molecule has 0 aliphatic carbocycles. The average molecular weight is 350 g/mol. The number of imide groups is 1. The van der Waals surface area contributed by atoms with Gasteiger partial charge in [-0.3, -0.25) is 19.5 Å². The lowest BCUT2D eigenvalue weighted by Gasteiger charge is -2.23. The van der Waals surface area contributed by atoms with Crippen molar-refractivity contribution in [2.75, 3.05) is 27.2 Å². The molecule has 1 aliphatic rings. The molecule has 0 saturated carbocycles. The highest BCUT2D eigenvalue weighted by Crippen LogP contribution is 2.21. The van der Waals surface area contributed by atoms with Crippen molar-refractivity contribution in [2.24, 2.45) is 4.99 Å². The van der Waals surface area contributed by atoms with Crippen molar-refractivity contribution in [2.45, 2.75) is 6.54 Å². The van der Waals surface area contributed by atoms with E-state index in [-0.39, 0.29) is 11.8 Å². The highest BCUT2D eigenvalue weighted by molar-refractivity contribution is 6.21. The Morgan fingerprint density at radius 1 is 1.00 bits per heavy atom. The molecule has 1 heterocycles. The summed E-state index contributed by atoms with van der Waals surface area (Å²) in [5, 5.41) is 3.21. The third-order valence-electron chi connectivity index (χ3n) is 4.33. The molecule has 0 aromatic heterocycles. The van der Waals surface area contributed by atoms with Crippen LogP contribution in [-0.4, -0.2) is 54.8 Å². The van der Waals surface area contributed by atoms with Gasteiger partial charge in [-0.2, -0.15) is 0 Å². The summed E-state index contributed by atoms with van der Waals surface area (Å²) in [6.45, 7) is 1.45.